The molecule has 1 atom stereocenters. The summed E-state index contributed by atoms with van der Waals surface area (Å²) in [5.74, 6) is -1.72. The maximum absolute atomic E-state index is 15.2. The fraction of sp³-hybridized carbons (Fsp3) is 0.167. The Hall–Kier alpha value is -4.24. The van der Waals surface area contributed by atoms with Gasteiger partial charge >= 0.3 is 5.97 Å². The minimum absolute atomic E-state index is 0.0242. The van der Waals surface area contributed by atoms with Crippen LogP contribution < -0.4 is 5.32 Å². The predicted molar refractivity (Wildman–Crippen MR) is 146 cm³/mol. The highest BCUT2D eigenvalue weighted by molar-refractivity contribution is 8.16. The van der Waals surface area contributed by atoms with Crippen molar-refractivity contribution < 1.29 is 23.1 Å². The number of aliphatic imine (C=N–C) groups is 1. The quantitative estimate of drug-likeness (QED) is 0.352. The lowest BCUT2D eigenvalue weighted by Crippen LogP contribution is -2.38. The lowest BCUT2D eigenvalue weighted by Gasteiger charge is -2.36. The summed E-state index contributed by atoms with van der Waals surface area (Å²) < 4.78 is 34.0. The van der Waals surface area contributed by atoms with Crippen molar-refractivity contribution in [1.82, 2.24) is 10.2 Å². The lowest BCUT2D eigenvalue weighted by atomic mass is 9.93. The summed E-state index contributed by atoms with van der Waals surface area (Å²) in [5, 5.41) is 5.16. The van der Waals surface area contributed by atoms with E-state index in [2.05, 4.69) is 10.3 Å². The number of carbonyl (C=O) groups is 2. The van der Waals surface area contributed by atoms with E-state index in [1.165, 1.54) is 30.0 Å². The Morgan fingerprint density at radius 2 is 1.69 bits per heavy atom. The van der Waals surface area contributed by atoms with E-state index in [4.69, 9.17) is 4.74 Å². The average molecular weight is 546 g/mol. The number of benzene rings is 3. The summed E-state index contributed by atoms with van der Waals surface area (Å²) in [5.41, 5.74) is 3.06. The van der Waals surface area contributed by atoms with Gasteiger partial charge in [-0.2, -0.15) is 0 Å². The second-order valence-electron chi connectivity index (χ2n) is 9.06. The number of fused-ring (bicyclic) bond motifs is 1. The number of ether oxygens (including phenoxy) is 1. The molecule has 0 saturated heterocycles. The highest BCUT2D eigenvalue weighted by Crippen LogP contribution is 2.45. The van der Waals surface area contributed by atoms with Crippen LogP contribution in [0.1, 0.15) is 36.1 Å². The van der Waals surface area contributed by atoms with Gasteiger partial charge in [0.05, 0.1) is 23.7 Å². The molecule has 0 fully saturated rings. The number of carbonyl (C=O) groups excluding carboxylic acids is 2. The number of esters is 1. The van der Waals surface area contributed by atoms with Crippen LogP contribution in [0.15, 0.2) is 106 Å². The van der Waals surface area contributed by atoms with Crippen molar-refractivity contribution in [3.63, 3.8) is 0 Å². The third-order valence-corrected chi connectivity index (χ3v) is 7.27. The molecule has 198 valence electrons. The fourth-order valence-corrected chi connectivity index (χ4v) is 5.42. The van der Waals surface area contributed by atoms with Crippen molar-refractivity contribution in [2.45, 2.75) is 32.5 Å². The molecule has 3 aromatic rings. The van der Waals surface area contributed by atoms with Crippen LogP contribution in [0.3, 0.4) is 0 Å². The van der Waals surface area contributed by atoms with E-state index in [0.29, 0.717) is 16.6 Å². The molecular weight excluding hydrogens is 520 g/mol. The average Bonchev–Trinajstić information content (AvgIpc) is 3.33. The van der Waals surface area contributed by atoms with Crippen molar-refractivity contribution >= 4 is 28.8 Å². The molecule has 2 aliphatic heterocycles. The normalized spacial score (nSPS) is 16.4. The zero-order chi connectivity index (χ0) is 27.4. The molecule has 0 bridgehead atoms. The molecule has 0 aliphatic carbocycles. The second kappa shape index (κ2) is 11.7. The molecule has 0 aromatic heterocycles. The van der Waals surface area contributed by atoms with Gasteiger partial charge in [0, 0.05) is 17.8 Å². The van der Waals surface area contributed by atoms with Gasteiger partial charge in [-0.25, -0.2) is 18.6 Å². The number of amidine groups is 1. The van der Waals surface area contributed by atoms with Gasteiger partial charge in [0.25, 0.3) is 0 Å². The summed E-state index contributed by atoms with van der Waals surface area (Å²) in [6, 6.07) is 20.5. The molecule has 9 heteroatoms. The summed E-state index contributed by atoms with van der Waals surface area (Å²) in [4.78, 5) is 32.7. The molecule has 0 radical (unpaired) electrons. The molecule has 3 aromatic carbocycles. The van der Waals surface area contributed by atoms with E-state index in [9.17, 15) is 14.0 Å². The van der Waals surface area contributed by atoms with Crippen LogP contribution in [0.2, 0.25) is 0 Å². The Kier molecular flexibility index (Phi) is 7.88. The van der Waals surface area contributed by atoms with Gasteiger partial charge in [0.1, 0.15) is 18.2 Å². The van der Waals surface area contributed by atoms with Crippen molar-refractivity contribution in [1.29, 1.82) is 0 Å². The monoisotopic (exact) mass is 545 g/mol. The molecule has 6 nitrogen and oxygen atoms in total. The van der Waals surface area contributed by atoms with Crippen LogP contribution in [-0.2, 0) is 27.5 Å². The van der Waals surface area contributed by atoms with Gasteiger partial charge in [-0.15, -0.1) is 0 Å². The number of amides is 1. The Balaban J connectivity index is 1.39. The number of nitrogens with one attached hydrogen (secondary N) is 1. The minimum atomic E-state index is -0.867. The van der Waals surface area contributed by atoms with E-state index >= 15 is 4.39 Å². The van der Waals surface area contributed by atoms with E-state index in [0.717, 1.165) is 11.1 Å². The molecule has 1 amide bonds. The Morgan fingerprint density at radius 3 is 2.44 bits per heavy atom. The van der Waals surface area contributed by atoms with E-state index < -0.39 is 17.8 Å². The maximum atomic E-state index is 15.2. The fourth-order valence-electron chi connectivity index (χ4n) is 4.45. The first-order valence-corrected chi connectivity index (χ1v) is 13.2. The van der Waals surface area contributed by atoms with Gasteiger partial charge in [-0.3, -0.25) is 4.79 Å². The van der Waals surface area contributed by atoms with Crippen LogP contribution in [0.5, 0.6) is 0 Å². The second-order valence-corrected chi connectivity index (χ2v) is 9.89. The molecule has 2 aliphatic rings. The third-order valence-electron chi connectivity index (χ3n) is 6.38. The van der Waals surface area contributed by atoms with Crippen LogP contribution in [0, 0.1) is 11.6 Å². The zero-order valence-corrected chi connectivity index (χ0v) is 21.9. The van der Waals surface area contributed by atoms with Gasteiger partial charge in [0.15, 0.2) is 5.17 Å². The van der Waals surface area contributed by atoms with E-state index in [1.807, 2.05) is 30.3 Å². The van der Waals surface area contributed by atoms with Crippen molar-refractivity contribution in [3.8, 4) is 0 Å². The minimum Gasteiger partial charge on any atom is -0.457 e. The molecule has 2 heterocycles. The third kappa shape index (κ3) is 5.93. The maximum Gasteiger partial charge on any atom is 0.338 e. The van der Waals surface area contributed by atoms with Gasteiger partial charge in [-0.1, -0.05) is 72.4 Å². The number of nitrogens with zero attached hydrogens (tertiary/aromatic N) is 2. The predicted octanol–water partition coefficient (Wildman–Crippen LogP) is 5.99. The molecule has 0 unspecified atom stereocenters. The first kappa shape index (κ1) is 26.4. The van der Waals surface area contributed by atoms with Crippen LogP contribution in [0.25, 0.3) is 0 Å². The molecule has 39 heavy (non-hydrogen) atoms. The summed E-state index contributed by atoms with van der Waals surface area (Å²) in [6.07, 6.45) is -0.0242. The summed E-state index contributed by atoms with van der Waals surface area (Å²) >= 11 is 1.31. The molecular formula is C30H25F2N3O3S. The summed E-state index contributed by atoms with van der Waals surface area (Å²) in [7, 11) is 0. The highest BCUT2D eigenvalue weighted by Gasteiger charge is 2.42. The first-order valence-electron chi connectivity index (χ1n) is 12.3. The van der Waals surface area contributed by atoms with Crippen LogP contribution in [0.4, 0.5) is 8.78 Å². The Morgan fingerprint density at radius 1 is 0.974 bits per heavy atom. The molecule has 5 rings (SSSR count). The number of allylic oxidation sites excluding steroid dienone is 1. The zero-order valence-electron chi connectivity index (χ0n) is 21.1. The van der Waals surface area contributed by atoms with Gasteiger partial charge in [-0.05, 0) is 41.7 Å². The largest absolute Gasteiger partial charge is 0.457 e. The van der Waals surface area contributed by atoms with Gasteiger partial charge in [0.2, 0.25) is 5.91 Å². The topological polar surface area (TPSA) is 71.0 Å². The van der Waals surface area contributed by atoms with Crippen LogP contribution >= 0.6 is 11.8 Å². The molecule has 0 spiro atoms. The van der Waals surface area contributed by atoms with Crippen molar-refractivity contribution in [3.05, 3.63) is 130 Å². The Bertz CT molecular complexity index is 1490. The van der Waals surface area contributed by atoms with E-state index in [1.54, 1.807) is 47.6 Å². The van der Waals surface area contributed by atoms with Gasteiger partial charge < -0.3 is 15.0 Å². The smallest absolute Gasteiger partial charge is 0.338 e. The van der Waals surface area contributed by atoms with E-state index in [-0.39, 0.29) is 42.4 Å². The Labute approximate surface area is 229 Å². The molecule has 1 N–H and O–H groups in total. The van der Waals surface area contributed by atoms with Crippen LogP contribution in [-0.4, -0.2) is 21.9 Å². The van der Waals surface area contributed by atoms with Crippen molar-refractivity contribution in [2.75, 3.05) is 0 Å². The highest BCUT2D eigenvalue weighted by atomic mass is 32.2. The number of halogens is 2. The van der Waals surface area contributed by atoms with Crippen molar-refractivity contribution in [2.24, 2.45) is 4.99 Å². The first-order chi connectivity index (χ1) is 18.9. The summed E-state index contributed by atoms with van der Waals surface area (Å²) in [6.45, 7) is 1.98. The molecule has 0 saturated carbocycles. The SMILES string of the molecule is CC1=C(C(=O)OCc2ccccc2)[C@H](c2ccccc2F)N2C(CC(=O)NCc3ccc(F)cc3)=CSC2=N1. The number of rotatable bonds is 8. The number of hydrogen-bond acceptors (Lipinski definition) is 6. The standard InChI is InChI=1S/C30H25F2N3O3S/c1-19-27(29(37)38-17-21-7-3-2-4-8-21)28(24-9-5-6-10-25(24)32)35-23(18-39-30(35)34-19)15-26(36)33-16-20-11-13-22(31)14-12-20/h2-14,18,28H,15-17H2,1H3,(H,33,36)/t28-/m0/s1. The number of thioether (sulfide) groups is 1. The lowest BCUT2D eigenvalue weighted by molar-refractivity contribution is -0.141. The number of hydrogen-bond donors (Lipinski definition) is 1.